The lowest BCUT2D eigenvalue weighted by Gasteiger charge is -2.26. The van der Waals surface area contributed by atoms with Gasteiger partial charge in [0.2, 0.25) is 5.91 Å². The lowest BCUT2D eigenvalue weighted by Crippen LogP contribution is -2.44. The van der Waals surface area contributed by atoms with Crippen LogP contribution in [0.4, 0.5) is 16.3 Å². The van der Waals surface area contributed by atoms with Gasteiger partial charge in [0.25, 0.3) is 0 Å². The number of nitrogens with zero attached hydrogens (tertiary/aromatic N) is 4. The Morgan fingerprint density at radius 1 is 1.04 bits per heavy atom. The molecule has 3 heterocycles. The van der Waals surface area contributed by atoms with Crippen LogP contribution in [0.2, 0.25) is 0 Å². The number of nitrogens with one attached hydrogen (secondary N) is 3. The molecule has 2 aromatic heterocycles. The Morgan fingerprint density at radius 3 is 2.76 bits per heavy atom. The standard InChI is InChI=1S/C33H33N7O6/c41-28(42)14-13-26(39-33(44)46-17-21-6-2-1-3-7-21)32(43)38-23-12-11-22-8-4-10-27(25(22)16-23)45-18-24-9-5-15-40(24)31-29-30(35-19-34-29)36-20-37-31/h1-4,6-8,10-12,16,19-20,24,26H,5,9,13-15,17-18H2,(H,38,43)(H,39,44)(H,41,42)(H,34,35,36,37)/t24-,26?/m1/s1. The van der Waals surface area contributed by atoms with Crippen molar-refractivity contribution in [3.05, 3.63) is 84.9 Å². The fraction of sp³-hybridized carbons (Fsp3) is 0.273. The predicted octanol–water partition coefficient (Wildman–Crippen LogP) is 4.65. The first-order valence-electron chi connectivity index (χ1n) is 15.0. The average Bonchev–Trinajstić information content (AvgIpc) is 3.75. The average molecular weight is 624 g/mol. The van der Waals surface area contributed by atoms with E-state index in [1.807, 2.05) is 42.5 Å². The Labute approximate surface area is 264 Å². The molecular formula is C33H33N7O6. The third-order valence-electron chi connectivity index (χ3n) is 7.86. The number of fused-ring (bicyclic) bond motifs is 2. The van der Waals surface area contributed by atoms with Gasteiger partial charge >= 0.3 is 12.1 Å². The Hall–Kier alpha value is -5.72. The summed E-state index contributed by atoms with van der Waals surface area (Å²) in [6, 6.07) is 19.2. The van der Waals surface area contributed by atoms with Gasteiger partial charge in [-0.3, -0.25) is 9.59 Å². The van der Waals surface area contributed by atoms with E-state index in [-0.39, 0.29) is 25.5 Å². The molecule has 6 rings (SSSR count). The number of ether oxygens (including phenoxy) is 2. The molecule has 1 unspecified atom stereocenters. The molecule has 236 valence electrons. The summed E-state index contributed by atoms with van der Waals surface area (Å²) in [5, 5.41) is 16.2. The van der Waals surface area contributed by atoms with Gasteiger partial charge in [0.05, 0.1) is 12.4 Å². The number of carbonyl (C=O) groups excluding carboxylic acids is 2. The minimum absolute atomic E-state index is 0.0123. The predicted molar refractivity (Wildman–Crippen MR) is 171 cm³/mol. The largest absolute Gasteiger partial charge is 0.491 e. The van der Waals surface area contributed by atoms with Crippen LogP contribution >= 0.6 is 0 Å². The maximum Gasteiger partial charge on any atom is 0.408 e. The quantitative estimate of drug-likeness (QED) is 0.153. The molecule has 0 radical (unpaired) electrons. The number of amides is 2. The van der Waals surface area contributed by atoms with E-state index in [4.69, 9.17) is 9.47 Å². The maximum atomic E-state index is 13.3. The first kappa shape index (κ1) is 30.3. The maximum absolute atomic E-state index is 13.3. The zero-order chi connectivity index (χ0) is 31.9. The number of aliphatic carboxylic acids is 1. The zero-order valence-electron chi connectivity index (χ0n) is 24.9. The van der Waals surface area contributed by atoms with Crippen molar-refractivity contribution in [3.8, 4) is 5.75 Å². The van der Waals surface area contributed by atoms with Gasteiger partial charge in [0.15, 0.2) is 11.5 Å². The summed E-state index contributed by atoms with van der Waals surface area (Å²) in [6.45, 7) is 1.26. The highest BCUT2D eigenvalue weighted by Crippen LogP contribution is 2.31. The molecule has 13 heteroatoms. The number of alkyl carbamates (subject to hydrolysis) is 1. The molecule has 0 saturated carbocycles. The van der Waals surface area contributed by atoms with Gasteiger partial charge in [-0.15, -0.1) is 0 Å². The third-order valence-corrected chi connectivity index (χ3v) is 7.86. The normalized spacial score (nSPS) is 15.0. The topological polar surface area (TPSA) is 172 Å². The number of carboxylic acid groups (broad SMARTS) is 1. The molecule has 0 aliphatic carbocycles. The number of carboxylic acids is 1. The van der Waals surface area contributed by atoms with Crippen LogP contribution < -0.4 is 20.3 Å². The molecule has 46 heavy (non-hydrogen) atoms. The molecule has 0 spiro atoms. The monoisotopic (exact) mass is 623 g/mol. The second kappa shape index (κ2) is 13.9. The molecule has 1 aliphatic rings. The highest BCUT2D eigenvalue weighted by atomic mass is 16.5. The number of hydrogen-bond acceptors (Lipinski definition) is 9. The van der Waals surface area contributed by atoms with Gasteiger partial charge in [0.1, 0.15) is 36.8 Å². The van der Waals surface area contributed by atoms with Crippen molar-refractivity contribution in [1.29, 1.82) is 0 Å². The van der Waals surface area contributed by atoms with Gasteiger partial charge in [0, 0.05) is 24.0 Å². The first-order valence-corrected chi connectivity index (χ1v) is 15.0. The van der Waals surface area contributed by atoms with E-state index >= 15 is 0 Å². The number of anilines is 2. The minimum atomic E-state index is -1.13. The lowest BCUT2D eigenvalue weighted by atomic mass is 10.1. The Kier molecular flexibility index (Phi) is 9.18. The molecule has 1 saturated heterocycles. The van der Waals surface area contributed by atoms with E-state index < -0.39 is 24.0 Å². The minimum Gasteiger partial charge on any atom is -0.491 e. The second-order valence-electron chi connectivity index (χ2n) is 11.0. The molecule has 3 aromatic carbocycles. The summed E-state index contributed by atoms with van der Waals surface area (Å²) in [5.74, 6) is -0.223. The summed E-state index contributed by atoms with van der Waals surface area (Å²) >= 11 is 0. The van der Waals surface area contributed by atoms with Gasteiger partial charge in [-0.1, -0.05) is 48.5 Å². The van der Waals surface area contributed by atoms with Gasteiger partial charge in [-0.25, -0.2) is 19.7 Å². The van der Waals surface area contributed by atoms with E-state index in [0.29, 0.717) is 23.7 Å². The smallest absolute Gasteiger partial charge is 0.408 e. The number of rotatable bonds is 12. The van der Waals surface area contributed by atoms with Crippen molar-refractivity contribution < 1.29 is 29.0 Å². The van der Waals surface area contributed by atoms with Crippen molar-refractivity contribution in [2.75, 3.05) is 23.4 Å². The van der Waals surface area contributed by atoms with Gasteiger partial charge in [-0.05, 0) is 48.4 Å². The first-order chi connectivity index (χ1) is 22.4. The Balaban J connectivity index is 1.13. The zero-order valence-corrected chi connectivity index (χ0v) is 24.9. The van der Waals surface area contributed by atoms with E-state index in [9.17, 15) is 19.5 Å². The summed E-state index contributed by atoms with van der Waals surface area (Å²) in [5.41, 5.74) is 2.66. The number of hydrogen-bond donors (Lipinski definition) is 4. The molecule has 5 aromatic rings. The third kappa shape index (κ3) is 7.15. The summed E-state index contributed by atoms with van der Waals surface area (Å²) < 4.78 is 11.6. The number of H-pyrrole nitrogens is 1. The van der Waals surface area contributed by atoms with E-state index in [0.717, 1.165) is 47.1 Å². The molecule has 1 fully saturated rings. The van der Waals surface area contributed by atoms with Crippen molar-refractivity contribution in [2.24, 2.45) is 0 Å². The second-order valence-corrected chi connectivity index (χ2v) is 11.0. The highest BCUT2D eigenvalue weighted by Gasteiger charge is 2.29. The summed E-state index contributed by atoms with van der Waals surface area (Å²) in [6.07, 6.45) is 3.82. The van der Waals surface area contributed by atoms with E-state index in [1.54, 1.807) is 30.6 Å². The Bertz CT molecular complexity index is 1850. The molecular weight excluding hydrogens is 590 g/mol. The fourth-order valence-corrected chi connectivity index (χ4v) is 5.56. The molecule has 0 bridgehead atoms. The SMILES string of the molecule is O=C(O)CCC(NC(=O)OCc1ccccc1)C(=O)Nc1ccc2cccc(OC[C@H]3CCCN3c3ncnc4[nH]cnc34)c2c1. The summed E-state index contributed by atoms with van der Waals surface area (Å²) in [4.78, 5) is 55.4. The van der Waals surface area contributed by atoms with Crippen molar-refractivity contribution >= 4 is 51.4 Å². The van der Waals surface area contributed by atoms with Crippen LogP contribution in [-0.4, -0.2) is 68.2 Å². The van der Waals surface area contributed by atoms with Crippen LogP contribution in [-0.2, 0) is 20.9 Å². The highest BCUT2D eigenvalue weighted by molar-refractivity contribution is 5.99. The van der Waals surface area contributed by atoms with Crippen LogP contribution in [0, 0.1) is 0 Å². The summed E-state index contributed by atoms with van der Waals surface area (Å²) in [7, 11) is 0. The van der Waals surface area contributed by atoms with Crippen molar-refractivity contribution in [3.63, 3.8) is 0 Å². The fourth-order valence-electron chi connectivity index (χ4n) is 5.56. The van der Waals surface area contributed by atoms with Crippen molar-refractivity contribution in [1.82, 2.24) is 25.3 Å². The molecule has 2 amide bonds. The molecule has 13 nitrogen and oxygen atoms in total. The number of benzene rings is 3. The van der Waals surface area contributed by atoms with Gasteiger partial charge < -0.3 is 35.1 Å². The van der Waals surface area contributed by atoms with Crippen LogP contribution in [0.3, 0.4) is 0 Å². The molecule has 4 N–H and O–H groups in total. The Morgan fingerprint density at radius 2 is 1.91 bits per heavy atom. The number of aromatic amines is 1. The molecule has 1 aliphatic heterocycles. The van der Waals surface area contributed by atoms with Crippen LogP contribution in [0.15, 0.2) is 79.4 Å². The number of imidazole rings is 1. The van der Waals surface area contributed by atoms with E-state index in [1.165, 1.54) is 6.33 Å². The van der Waals surface area contributed by atoms with Crippen LogP contribution in [0.25, 0.3) is 21.9 Å². The van der Waals surface area contributed by atoms with Crippen LogP contribution in [0.1, 0.15) is 31.2 Å². The van der Waals surface area contributed by atoms with E-state index in [2.05, 4.69) is 35.5 Å². The number of carbonyl (C=O) groups is 3. The van der Waals surface area contributed by atoms with Crippen LogP contribution in [0.5, 0.6) is 5.75 Å². The molecule has 2 atom stereocenters. The van der Waals surface area contributed by atoms with Crippen molar-refractivity contribution in [2.45, 2.75) is 44.4 Å². The number of aromatic nitrogens is 4. The lowest BCUT2D eigenvalue weighted by molar-refractivity contribution is -0.137. The van der Waals surface area contributed by atoms with Gasteiger partial charge in [-0.2, -0.15) is 0 Å².